The van der Waals surface area contributed by atoms with Crippen LogP contribution < -0.4 is 9.47 Å². The van der Waals surface area contributed by atoms with Gasteiger partial charge in [-0.05, 0) is 59.9 Å². The molecular formula is C25H24O4. The molecular weight excluding hydrogens is 364 g/mol. The number of ether oxygens (including phenoxy) is 3. The van der Waals surface area contributed by atoms with E-state index in [4.69, 9.17) is 14.2 Å². The first-order chi connectivity index (χ1) is 14.2. The lowest BCUT2D eigenvalue weighted by molar-refractivity contribution is 0.0600. The molecule has 3 aromatic carbocycles. The molecule has 148 valence electrons. The van der Waals surface area contributed by atoms with Crippen molar-refractivity contribution >= 4 is 5.97 Å². The average Bonchev–Trinajstić information content (AvgIpc) is 2.77. The fraction of sp³-hybridized carbons (Fsp3) is 0.240. The van der Waals surface area contributed by atoms with E-state index in [-0.39, 0.29) is 5.97 Å². The van der Waals surface area contributed by atoms with Crippen molar-refractivity contribution in [1.82, 2.24) is 0 Å². The maximum atomic E-state index is 11.8. The smallest absolute Gasteiger partial charge is 0.337 e. The quantitative estimate of drug-likeness (QED) is 0.567. The minimum absolute atomic E-state index is 0.308. The van der Waals surface area contributed by atoms with Crippen molar-refractivity contribution in [2.24, 2.45) is 5.92 Å². The van der Waals surface area contributed by atoms with Gasteiger partial charge in [0, 0.05) is 5.92 Å². The molecule has 0 aliphatic carbocycles. The van der Waals surface area contributed by atoms with Crippen LogP contribution in [0.2, 0.25) is 0 Å². The summed E-state index contributed by atoms with van der Waals surface area (Å²) in [5.74, 6) is 1.82. The number of esters is 1. The predicted octanol–water partition coefficient (Wildman–Crippen LogP) is 4.85. The fourth-order valence-electron chi connectivity index (χ4n) is 3.67. The topological polar surface area (TPSA) is 44.8 Å². The summed E-state index contributed by atoms with van der Waals surface area (Å²) >= 11 is 0. The fourth-order valence-corrected chi connectivity index (χ4v) is 3.67. The maximum absolute atomic E-state index is 11.8. The van der Waals surface area contributed by atoms with E-state index in [0.29, 0.717) is 24.7 Å². The summed E-state index contributed by atoms with van der Waals surface area (Å²) in [5, 5.41) is 0. The summed E-state index contributed by atoms with van der Waals surface area (Å²) in [4.78, 5) is 11.8. The van der Waals surface area contributed by atoms with Crippen LogP contribution in [0.4, 0.5) is 0 Å². The summed E-state index contributed by atoms with van der Waals surface area (Å²) < 4.78 is 16.8. The van der Waals surface area contributed by atoms with Gasteiger partial charge in [-0.3, -0.25) is 0 Å². The van der Waals surface area contributed by atoms with Gasteiger partial charge in [0.25, 0.3) is 0 Å². The van der Waals surface area contributed by atoms with Crippen molar-refractivity contribution < 1.29 is 19.0 Å². The summed E-state index contributed by atoms with van der Waals surface area (Å²) in [7, 11) is 1.40. The predicted molar refractivity (Wildman–Crippen MR) is 111 cm³/mol. The maximum Gasteiger partial charge on any atom is 0.337 e. The van der Waals surface area contributed by atoms with Crippen molar-refractivity contribution in [2.45, 2.75) is 19.4 Å². The van der Waals surface area contributed by atoms with Crippen LogP contribution >= 0.6 is 0 Å². The SMILES string of the molecule is COC(=O)c1cccc(CC2COc3ccc(OCc4ccccc4)cc3C2)c1. The van der Waals surface area contributed by atoms with Gasteiger partial charge in [-0.15, -0.1) is 0 Å². The number of methoxy groups -OCH3 is 1. The van der Waals surface area contributed by atoms with E-state index in [1.807, 2.05) is 48.5 Å². The van der Waals surface area contributed by atoms with Crippen molar-refractivity contribution in [3.05, 3.63) is 95.1 Å². The molecule has 0 saturated carbocycles. The molecule has 4 nitrogen and oxygen atoms in total. The van der Waals surface area contributed by atoms with Crippen molar-refractivity contribution in [1.29, 1.82) is 0 Å². The average molecular weight is 388 g/mol. The van der Waals surface area contributed by atoms with Crippen LogP contribution in [0, 0.1) is 5.92 Å². The van der Waals surface area contributed by atoms with Crippen molar-refractivity contribution in [3.8, 4) is 11.5 Å². The van der Waals surface area contributed by atoms with Crippen LogP contribution in [0.15, 0.2) is 72.8 Å². The van der Waals surface area contributed by atoms with E-state index >= 15 is 0 Å². The van der Waals surface area contributed by atoms with Gasteiger partial charge in [-0.25, -0.2) is 4.79 Å². The standard InChI is InChI=1S/C25H24O4/c1-27-25(26)21-9-5-8-19(13-21)12-20-14-22-15-23(10-11-24(22)29-17-20)28-16-18-6-3-2-4-7-18/h2-11,13,15,20H,12,14,16-17H2,1H3. The van der Waals surface area contributed by atoms with E-state index in [2.05, 4.69) is 18.2 Å². The summed E-state index contributed by atoms with van der Waals surface area (Å²) in [6.07, 6.45) is 1.76. The van der Waals surface area contributed by atoms with E-state index < -0.39 is 0 Å². The molecule has 0 fully saturated rings. The van der Waals surface area contributed by atoms with Crippen LogP contribution in [0.3, 0.4) is 0 Å². The number of benzene rings is 3. The highest BCUT2D eigenvalue weighted by Crippen LogP contribution is 2.32. The number of carbonyl (C=O) groups is 1. The Labute approximate surface area is 171 Å². The molecule has 1 aliphatic rings. The molecule has 0 amide bonds. The van der Waals surface area contributed by atoms with Gasteiger partial charge in [-0.1, -0.05) is 42.5 Å². The second-order valence-corrected chi connectivity index (χ2v) is 7.32. The summed E-state index contributed by atoms with van der Waals surface area (Å²) in [6, 6.07) is 23.8. The van der Waals surface area contributed by atoms with Crippen LogP contribution in [0.25, 0.3) is 0 Å². The third-order valence-corrected chi connectivity index (χ3v) is 5.14. The lowest BCUT2D eigenvalue weighted by atomic mass is 9.90. The first-order valence-corrected chi connectivity index (χ1v) is 9.81. The normalized spacial score (nSPS) is 15.1. The Morgan fingerprint density at radius 2 is 1.83 bits per heavy atom. The lowest BCUT2D eigenvalue weighted by Gasteiger charge is -2.26. The Morgan fingerprint density at radius 1 is 1.00 bits per heavy atom. The molecule has 0 N–H and O–H groups in total. The second-order valence-electron chi connectivity index (χ2n) is 7.32. The first kappa shape index (κ1) is 19.1. The Morgan fingerprint density at radius 3 is 2.66 bits per heavy atom. The minimum Gasteiger partial charge on any atom is -0.493 e. The van der Waals surface area contributed by atoms with E-state index in [0.717, 1.165) is 41.0 Å². The molecule has 29 heavy (non-hydrogen) atoms. The van der Waals surface area contributed by atoms with E-state index in [9.17, 15) is 4.79 Å². The lowest BCUT2D eigenvalue weighted by Crippen LogP contribution is -2.23. The van der Waals surface area contributed by atoms with Gasteiger partial charge < -0.3 is 14.2 Å². The number of rotatable bonds is 6. The van der Waals surface area contributed by atoms with Crippen molar-refractivity contribution in [2.75, 3.05) is 13.7 Å². The monoisotopic (exact) mass is 388 g/mol. The van der Waals surface area contributed by atoms with E-state index in [1.54, 1.807) is 6.07 Å². The van der Waals surface area contributed by atoms with Gasteiger partial charge >= 0.3 is 5.97 Å². The van der Waals surface area contributed by atoms with Gasteiger partial charge in [0.2, 0.25) is 0 Å². The third kappa shape index (κ3) is 4.77. The molecule has 4 rings (SSSR count). The van der Waals surface area contributed by atoms with Gasteiger partial charge in [-0.2, -0.15) is 0 Å². The molecule has 4 heteroatoms. The van der Waals surface area contributed by atoms with E-state index in [1.165, 1.54) is 7.11 Å². The molecule has 0 radical (unpaired) electrons. The molecule has 1 unspecified atom stereocenters. The third-order valence-electron chi connectivity index (χ3n) is 5.14. The Hall–Kier alpha value is -3.27. The zero-order valence-corrected chi connectivity index (χ0v) is 16.5. The van der Waals surface area contributed by atoms with Crippen LogP contribution in [-0.4, -0.2) is 19.7 Å². The van der Waals surface area contributed by atoms with Crippen LogP contribution in [0.1, 0.15) is 27.0 Å². The molecule has 0 aromatic heterocycles. The molecule has 0 bridgehead atoms. The highest BCUT2D eigenvalue weighted by atomic mass is 16.5. The van der Waals surface area contributed by atoms with Crippen LogP contribution in [-0.2, 0) is 24.2 Å². The second kappa shape index (κ2) is 8.82. The molecule has 3 aromatic rings. The van der Waals surface area contributed by atoms with Crippen LogP contribution in [0.5, 0.6) is 11.5 Å². The number of hydrogen-bond donors (Lipinski definition) is 0. The summed E-state index contributed by atoms with van der Waals surface area (Å²) in [5.41, 5.74) is 4.00. The Bertz CT molecular complexity index is 981. The molecule has 1 heterocycles. The number of fused-ring (bicyclic) bond motifs is 1. The van der Waals surface area contributed by atoms with Gasteiger partial charge in [0.15, 0.2) is 0 Å². The highest BCUT2D eigenvalue weighted by Gasteiger charge is 2.21. The largest absolute Gasteiger partial charge is 0.493 e. The molecule has 1 aliphatic heterocycles. The number of carbonyl (C=O) groups excluding carboxylic acids is 1. The summed E-state index contributed by atoms with van der Waals surface area (Å²) in [6.45, 7) is 1.21. The molecule has 0 spiro atoms. The molecule has 0 saturated heterocycles. The minimum atomic E-state index is -0.308. The van der Waals surface area contributed by atoms with Gasteiger partial charge in [0.05, 0.1) is 19.3 Å². The zero-order chi connectivity index (χ0) is 20.1. The number of hydrogen-bond acceptors (Lipinski definition) is 4. The highest BCUT2D eigenvalue weighted by molar-refractivity contribution is 5.89. The molecule has 1 atom stereocenters. The van der Waals surface area contributed by atoms with Gasteiger partial charge in [0.1, 0.15) is 18.1 Å². The Kier molecular flexibility index (Phi) is 5.80. The zero-order valence-electron chi connectivity index (χ0n) is 16.5. The first-order valence-electron chi connectivity index (χ1n) is 9.81. The van der Waals surface area contributed by atoms with Crippen molar-refractivity contribution in [3.63, 3.8) is 0 Å². The Balaban J connectivity index is 1.42.